The SMILES string of the molecule is CN=C(NCC1CCCCN1Cc1ccccc1)N1CCCC2(CNC(=O)C2)C1. The van der Waals surface area contributed by atoms with Gasteiger partial charge in [-0.1, -0.05) is 36.8 Å². The maximum Gasteiger partial charge on any atom is 0.220 e. The van der Waals surface area contributed by atoms with Crippen molar-refractivity contribution in [1.82, 2.24) is 20.4 Å². The van der Waals surface area contributed by atoms with Gasteiger partial charge in [-0.2, -0.15) is 0 Å². The Morgan fingerprint density at radius 1 is 1.24 bits per heavy atom. The number of hydrogen-bond acceptors (Lipinski definition) is 3. The summed E-state index contributed by atoms with van der Waals surface area (Å²) in [6, 6.07) is 11.3. The predicted molar refractivity (Wildman–Crippen MR) is 117 cm³/mol. The van der Waals surface area contributed by atoms with Gasteiger partial charge in [-0.15, -0.1) is 0 Å². The second-order valence-electron chi connectivity index (χ2n) is 9.01. The van der Waals surface area contributed by atoms with Gasteiger partial charge in [0.2, 0.25) is 5.91 Å². The molecular weight excluding hydrogens is 362 g/mol. The number of hydrogen-bond donors (Lipinski definition) is 2. The average molecular weight is 398 g/mol. The summed E-state index contributed by atoms with van der Waals surface area (Å²) in [5, 5.41) is 6.71. The Morgan fingerprint density at radius 2 is 2.10 bits per heavy atom. The first-order valence-corrected chi connectivity index (χ1v) is 11.2. The zero-order valence-electron chi connectivity index (χ0n) is 17.7. The van der Waals surface area contributed by atoms with Crippen LogP contribution in [-0.4, -0.2) is 67.5 Å². The van der Waals surface area contributed by atoms with E-state index in [4.69, 9.17) is 0 Å². The minimum atomic E-state index is 0.0944. The Morgan fingerprint density at radius 3 is 2.86 bits per heavy atom. The first kappa shape index (κ1) is 20.2. The molecule has 0 aliphatic carbocycles. The maximum atomic E-state index is 11.8. The summed E-state index contributed by atoms with van der Waals surface area (Å²) in [5.74, 6) is 1.20. The van der Waals surface area contributed by atoms with E-state index in [0.717, 1.165) is 51.5 Å². The van der Waals surface area contributed by atoms with E-state index in [9.17, 15) is 4.79 Å². The lowest BCUT2D eigenvalue weighted by atomic mass is 9.79. The highest BCUT2D eigenvalue weighted by molar-refractivity contribution is 5.81. The molecule has 1 spiro atoms. The predicted octanol–water partition coefficient (Wildman–Crippen LogP) is 2.22. The zero-order chi connectivity index (χ0) is 20.1. The number of carbonyl (C=O) groups is 1. The Hall–Kier alpha value is -2.08. The van der Waals surface area contributed by atoms with Crippen molar-refractivity contribution in [3.63, 3.8) is 0 Å². The van der Waals surface area contributed by atoms with Gasteiger partial charge >= 0.3 is 0 Å². The van der Waals surface area contributed by atoms with Crippen LogP contribution < -0.4 is 10.6 Å². The molecule has 1 aromatic carbocycles. The Bertz CT molecular complexity index is 721. The normalized spacial score (nSPS) is 28.6. The van der Waals surface area contributed by atoms with Crippen molar-refractivity contribution >= 4 is 11.9 Å². The molecule has 3 heterocycles. The van der Waals surface area contributed by atoms with Crippen LogP contribution in [0.5, 0.6) is 0 Å². The lowest BCUT2D eigenvalue weighted by Gasteiger charge is -2.42. The molecule has 2 N–H and O–H groups in total. The minimum Gasteiger partial charge on any atom is -0.355 e. The monoisotopic (exact) mass is 397 g/mol. The summed E-state index contributed by atoms with van der Waals surface area (Å²) in [5.41, 5.74) is 1.48. The number of benzene rings is 1. The van der Waals surface area contributed by atoms with Gasteiger partial charge in [-0.25, -0.2) is 0 Å². The van der Waals surface area contributed by atoms with E-state index in [2.05, 4.69) is 55.8 Å². The molecule has 1 amide bonds. The molecule has 1 aromatic rings. The fraction of sp³-hybridized carbons (Fsp3) is 0.652. The van der Waals surface area contributed by atoms with Crippen LogP contribution >= 0.6 is 0 Å². The number of amides is 1. The van der Waals surface area contributed by atoms with Gasteiger partial charge < -0.3 is 15.5 Å². The Balaban J connectivity index is 1.35. The summed E-state index contributed by atoms with van der Waals surface area (Å²) < 4.78 is 0. The van der Waals surface area contributed by atoms with E-state index in [-0.39, 0.29) is 11.3 Å². The van der Waals surface area contributed by atoms with Crippen LogP contribution in [0.25, 0.3) is 0 Å². The fourth-order valence-electron chi connectivity index (χ4n) is 5.29. The summed E-state index contributed by atoms with van der Waals surface area (Å²) in [4.78, 5) is 21.4. The van der Waals surface area contributed by atoms with E-state index in [1.165, 1.54) is 31.4 Å². The molecule has 4 rings (SSSR count). The molecule has 0 saturated carbocycles. The van der Waals surface area contributed by atoms with Crippen molar-refractivity contribution < 1.29 is 4.79 Å². The van der Waals surface area contributed by atoms with E-state index in [0.29, 0.717) is 12.5 Å². The van der Waals surface area contributed by atoms with Gasteiger partial charge in [-0.3, -0.25) is 14.7 Å². The van der Waals surface area contributed by atoms with Crippen LogP contribution in [0.15, 0.2) is 35.3 Å². The highest BCUT2D eigenvalue weighted by Crippen LogP contribution is 2.36. The molecule has 3 fully saturated rings. The number of piperidine rings is 2. The van der Waals surface area contributed by atoms with Crippen LogP contribution in [0.1, 0.15) is 44.1 Å². The van der Waals surface area contributed by atoms with Crippen molar-refractivity contribution in [3.8, 4) is 0 Å². The third-order valence-electron chi connectivity index (χ3n) is 6.84. The molecule has 3 aliphatic heterocycles. The number of rotatable bonds is 4. The van der Waals surface area contributed by atoms with Crippen LogP contribution in [0.4, 0.5) is 0 Å². The molecule has 29 heavy (non-hydrogen) atoms. The van der Waals surface area contributed by atoms with E-state index < -0.39 is 0 Å². The molecule has 2 atom stereocenters. The number of nitrogens with one attached hydrogen (secondary N) is 2. The van der Waals surface area contributed by atoms with E-state index in [1.807, 2.05) is 7.05 Å². The minimum absolute atomic E-state index is 0.0944. The first-order chi connectivity index (χ1) is 14.2. The lowest BCUT2D eigenvalue weighted by molar-refractivity contribution is -0.119. The molecule has 0 aromatic heterocycles. The summed E-state index contributed by atoms with van der Waals surface area (Å²) >= 11 is 0. The molecule has 6 heteroatoms. The van der Waals surface area contributed by atoms with Crippen molar-refractivity contribution in [2.24, 2.45) is 10.4 Å². The zero-order valence-corrected chi connectivity index (χ0v) is 17.7. The number of aliphatic imine (C=N–C) groups is 1. The number of carbonyl (C=O) groups excluding carboxylic acids is 1. The highest BCUT2D eigenvalue weighted by atomic mass is 16.1. The number of likely N-dealkylation sites (tertiary alicyclic amines) is 2. The summed E-state index contributed by atoms with van der Waals surface area (Å²) in [6.07, 6.45) is 6.74. The third kappa shape index (κ3) is 4.92. The van der Waals surface area contributed by atoms with Crippen molar-refractivity contribution in [3.05, 3.63) is 35.9 Å². The fourth-order valence-corrected chi connectivity index (χ4v) is 5.29. The van der Waals surface area contributed by atoms with Gasteiger partial charge in [0, 0.05) is 57.6 Å². The topological polar surface area (TPSA) is 60.0 Å². The molecule has 0 bridgehead atoms. The number of nitrogens with zero attached hydrogens (tertiary/aromatic N) is 3. The Kier molecular flexibility index (Phi) is 6.38. The van der Waals surface area contributed by atoms with Crippen molar-refractivity contribution in [2.45, 2.75) is 51.1 Å². The third-order valence-corrected chi connectivity index (χ3v) is 6.84. The first-order valence-electron chi connectivity index (χ1n) is 11.2. The molecule has 158 valence electrons. The lowest BCUT2D eigenvalue weighted by Crippen LogP contribution is -2.54. The smallest absolute Gasteiger partial charge is 0.220 e. The molecule has 0 radical (unpaired) electrons. The largest absolute Gasteiger partial charge is 0.355 e. The standard InChI is InChI=1S/C23H35N5O/c1-24-22(28-13-7-11-23(18-28)14-21(29)26-17-23)25-15-20-10-5-6-12-27(20)16-19-8-3-2-4-9-19/h2-4,8-9,20H,5-7,10-18H2,1H3,(H,24,25)(H,26,29). The maximum absolute atomic E-state index is 11.8. The van der Waals surface area contributed by atoms with Gasteiger partial charge in [0.1, 0.15) is 0 Å². The Labute approximate surface area is 174 Å². The molecule has 2 unspecified atom stereocenters. The van der Waals surface area contributed by atoms with E-state index in [1.54, 1.807) is 0 Å². The van der Waals surface area contributed by atoms with Crippen LogP contribution in [0, 0.1) is 5.41 Å². The van der Waals surface area contributed by atoms with Gasteiger partial charge in [0.15, 0.2) is 5.96 Å². The quantitative estimate of drug-likeness (QED) is 0.604. The van der Waals surface area contributed by atoms with Crippen molar-refractivity contribution in [2.75, 3.05) is 39.8 Å². The van der Waals surface area contributed by atoms with Gasteiger partial charge in [0.05, 0.1) is 0 Å². The highest BCUT2D eigenvalue weighted by Gasteiger charge is 2.42. The molecule has 3 aliphatic rings. The van der Waals surface area contributed by atoms with Crippen LogP contribution in [0.3, 0.4) is 0 Å². The summed E-state index contributed by atoms with van der Waals surface area (Å²) in [7, 11) is 1.88. The molecule has 6 nitrogen and oxygen atoms in total. The second-order valence-corrected chi connectivity index (χ2v) is 9.01. The van der Waals surface area contributed by atoms with E-state index >= 15 is 0 Å². The van der Waals surface area contributed by atoms with Gasteiger partial charge in [-0.05, 0) is 37.8 Å². The summed E-state index contributed by atoms with van der Waals surface area (Å²) in [6.45, 7) is 5.87. The van der Waals surface area contributed by atoms with Gasteiger partial charge in [0.25, 0.3) is 0 Å². The van der Waals surface area contributed by atoms with Crippen LogP contribution in [0.2, 0.25) is 0 Å². The number of guanidine groups is 1. The van der Waals surface area contributed by atoms with Crippen molar-refractivity contribution in [1.29, 1.82) is 0 Å². The molecular formula is C23H35N5O. The van der Waals surface area contributed by atoms with Crippen LogP contribution in [-0.2, 0) is 11.3 Å². The second kappa shape index (κ2) is 9.16. The molecule has 3 saturated heterocycles. The average Bonchev–Trinajstić information content (AvgIpc) is 3.10.